The van der Waals surface area contributed by atoms with E-state index in [4.69, 9.17) is 0 Å². The van der Waals surface area contributed by atoms with Crippen LogP contribution >= 0.6 is 0 Å². The molecule has 1 fully saturated rings. The molecular weight excluding hydrogens is 274 g/mol. The van der Waals surface area contributed by atoms with Crippen molar-refractivity contribution in [1.29, 1.82) is 0 Å². The van der Waals surface area contributed by atoms with E-state index in [0.717, 1.165) is 50.7 Å². The van der Waals surface area contributed by atoms with Crippen LogP contribution in [-0.4, -0.2) is 52.3 Å². The largest absolute Gasteiger partial charge is 0.341 e. The quantitative estimate of drug-likeness (QED) is 0.860. The molecule has 0 bridgehead atoms. The number of nitrogens with zero attached hydrogens (tertiary/aromatic N) is 4. The van der Waals surface area contributed by atoms with Gasteiger partial charge in [0.2, 0.25) is 0 Å². The average Bonchev–Trinajstić information content (AvgIpc) is 3.03. The monoisotopic (exact) mass is 297 g/mol. The van der Waals surface area contributed by atoms with Crippen molar-refractivity contribution in [1.82, 2.24) is 19.9 Å². The number of nitrogens with one attached hydrogen (secondary N) is 1. The fourth-order valence-corrected chi connectivity index (χ4v) is 2.62. The van der Waals surface area contributed by atoms with Crippen molar-refractivity contribution in [3.63, 3.8) is 0 Å². The lowest BCUT2D eigenvalue weighted by molar-refractivity contribution is 0.131. The van der Waals surface area contributed by atoms with Crippen LogP contribution in [0.4, 0.5) is 0 Å². The van der Waals surface area contributed by atoms with Crippen LogP contribution in [0, 0.1) is 0 Å². The van der Waals surface area contributed by atoms with E-state index in [0.29, 0.717) is 0 Å². The van der Waals surface area contributed by atoms with Crippen molar-refractivity contribution < 1.29 is 0 Å². The molecule has 0 aliphatic carbocycles. The Kier molecular flexibility index (Phi) is 4.85. The standard InChI is InChI=1S/C17H23N5/c1-2-17-18-12-16(20-17)13-19-22-10-8-21(9-11-22)14-15-6-4-3-5-7-15/h3-7,12-13H,2,8-11,14H2,1H3,(H,18,20)/b19-13+. The Morgan fingerprint density at radius 1 is 1.18 bits per heavy atom. The van der Waals surface area contributed by atoms with Crippen LogP contribution in [0.25, 0.3) is 0 Å². The molecule has 0 saturated carbocycles. The summed E-state index contributed by atoms with van der Waals surface area (Å²) in [5.74, 6) is 1.01. The van der Waals surface area contributed by atoms with Gasteiger partial charge in [0.25, 0.3) is 0 Å². The van der Waals surface area contributed by atoms with Gasteiger partial charge in [-0.3, -0.25) is 9.91 Å². The van der Waals surface area contributed by atoms with Crippen molar-refractivity contribution >= 4 is 6.21 Å². The molecule has 0 spiro atoms. The summed E-state index contributed by atoms with van der Waals surface area (Å²) in [7, 11) is 0. The van der Waals surface area contributed by atoms with Gasteiger partial charge in [0.1, 0.15) is 5.82 Å². The highest BCUT2D eigenvalue weighted by atomic mass is 15.5. The van der Waals surface area contributed by atoms with Crippen LogP contribution in [0.1, 0.15) is 24.0 Å². The number of H-pyrrole nitrogens is 1. The molecule has 1 saturated heterocycles. The molecule has 1 aromatic carbocycles. The smallest absolute Gasteiger partial charge is 0.106 e. The second-order valence-corrected chi connectivity index (χ2v) is 5.60. The minimum absolute atomic E-state index is 0.923. The first kappa shape index (κ1) is 14.8. The number of hydrogen-bond donors (Lipinski definition) is 1. The number of aromatic nitrogens is 2. The molecule has 1 aliphatic heterocycles. The number of benzene rings is 1. The van der Waals surface area contributed by atoms with Crippen LogP contribution in [0.2, 0.25) is 0 Å². The minimum atomic E-state index is 0.923. The van der Waals surface area contributed by atoms with E-state index in [1.807, 2.05) is 12.4 Å². The van der Waals surface area contributed by atoms with E-state index in [9.17, 15) is 0 Å². The zero-order chi connectivity index (χ0) is 15.2. The summed E-state index contributed by atoms with van der Waals surface area (Å²) in [4.78, 5) is 10.0. The highest BCUT2D eigenvalue weighted by molar-refractivity contribution is 5.76. The van der Waals surface area contributed by atoms with Crippen LogP contribution in [-0.2, 0) is 13.0 Å². The van der Waals surface area contributed by atoms with Gasteiger partial charge in [-0.2, -0.15) is 5.10 Å². The molecule has 1 aromatic heterocycles. The molecule has 0 amide bonds. The number of rotatable bonds is 5. The molecule has 5 nitrogen and oxygen atoms in total. The molecule has 1 aliphatic rings. The molecule has 2 heterocycles. The van der Waals surface area contributed by atoms with Gasteiger partial charge in [-0.15, -0.1) is 0 Å². The van der Waals surface area contributed by atoms with Crippen molar-refractivity contribution in [2.24, 2.45) is 5.10 Å². The SMILES string of the molecule is CCc1ncc(/C=N/N2CCN(Cc3ccccc3)CC2)[nH]1. The third kappa shape index (κ3) is 3.95. The van der Waals surface area contributed by atoms with Gasteiger partial charge in [0.05, 0.1) is 18.1 Å². The number of hydrazone groups is 1. The lowest BCUT2D eigenvalue weighted by Gasteiger charge is -2.32. The Balaban J connectivity index is 1.47. The predicted octanol–water partition coefficient (Wildman–Crippen LogP) is 2.12. The molecule has 3 rings (SSSR count). The molecule has 2 aromatic rings. The molecule has 5 heteroatoms. The molecule has 22 heavy (non-hydrogen) atoms. The highest BCUT2D eigenvalue weighted by Gasteiger charge is 2.15. The Labute approximate surface area is 131 Å². The highest BCUT2D eigenvalue weighted by Crippen LogP contribution is 2.08. The predicted molar refractivity (Wildman–Crippen MR) is 88.9 cm³/mol. The molecular formula is C17H23N5. The Hall–Kier alpha value is -2.14. The van der Waals surface area contributed by atoms with Gasteiger partial charge in [-0.1, -0.05) is 37.3 Å². The number of aryl methyl sites for hydroxylation is 1. The zero-order valence-electron chi connectivity index (χ0n) is 13.1. The topological polar surface area (TPSA) is 47.5 Å². The van der Waals surface area contributed by atoms with E-state index in [-0.39, 0.29) is 0 Å². The fraction of sp³-hybridized carbons (Fsp3) is 0.412. The zero-order valence-corrected chi connectivity index (χ0v) is 13.1. The molecule has 0 atom stereocenters. The lowest BCUT2D eigenvalue weighted by Crippen LogP contribution is -2.43. The fourth-order valence-electron chi connectivity index (χ4n) is 2.62. The lowest BCUT2D eigenvalue weighted by atomic mass is 10.2. The summed E-state index contributed by atoms with van der Waals surface area (Å²) in [6.07, 6.45) is 4.64. The van der Waals surface area contributed by atoms with Crippen LogP contribution in [0.5, 0.6) is 0 Å². The van der Waals surface area contributed by atoms with Crippen molar-refractivity contribution in [2.45, 2.75) is 19.9 Å². The van der Waals surface area contributed by atoms with Crippen molar-refractivity contribution in [3.05, 3.63) is 53.6 Å². The summed E-state index contributed by atoms with van der Waals surface area (Å²) in [5, 5.41) is 6.69. The number of piperazine rings is 1. The first-order chi connectivity index (χ1) is 10.8. The van der Waals surface area contributed by atoms with Crippen LogP contribution < -0.4 is 0 Å². The number of hydrogen-bond acceptors (Lipinski definition) is 4. The summed E-state index contributed by atoms with van der Waals surface area (Å²) in [6, 6.07) is 10.6. The van der Waals surface area contributed by atoms with Gasteiger partial charge in [-0.05, 0) is 5.56 Å². The van der Waals surface area contributed by atoms with Crippen molar-refractivity contribution in [3.8, 4) is 0 Å². The second kappa shape index (κ2) is 7.22. The van der Waals surface area contributed by atoms with E-state index in [1.165, 1.54) is 5.56 Å². The van der Waals surface area contributed by atoms with E-state index >= 15 is 0 Å². The van der Waals surface area contributed by atoms with Crippen LogP contribution in [0.3, 0.4) is 0 Å². The average molecular weight is 297 g/mol. The maximum absolute atomic E-state index is 4.55. The number of imidazole rings is 1. The molecule has 1 N–H and O–H groups in total. The van der Waals surface area contributed by atoms with Gasteiger partial charge in [-0.25, -0.2) is 4.98 Å². The van der Waals surface area contributed by atoms with Gasteiger partial charge < -0.3 is 4.98 Å². The first-order valence-corrected chi connectivity index (χ1v) is 7.92. The Morgan fingerprint density at radius 2 is 1.95 bits per heavy atom. The first-order valence-electron chi connectivity index (χ1n) is 7.92. The van der Waals surface area contributed by atoms with Gasteiger partial charge in [0, 0.05) is 39.1 Å². The summed E-state index contributed by atoms with van der Waals surface area (Å²) in [6.45, 7) is 7.16. The van der Waals surface area contributed by atoms with E-state index in [1.54, 1.807) is 0 Å². The molecule has 116 valence electrons. The molecule has 0 radical (unpaired) electrons. The summed E-state index contributed by atoms with van der Waals surface area (Å²) in [5.41, 5.74) is 2.35. The Morgan fingerprint density at radius 3 is 2.64 bits per heavy atom. The summed E-state index contributed by atoms with van der Waals surface area (Å²) >= 11 is 0. The van der Waals surface area contributed by atoms with Crippen molar-refractivity contribution in [2.75, 3.05) is 26.2 Å². The van der Waals surface area contributed by atoms with E-state index in [2.05, 4.69) is 62.2 Å². The van der Waals surface area contributed by atoms with Gasteiger partial charge >= 0.3 is 0 Å². The Bertz CT molecular complexity index is 597. The van der Waals surface area contributed by atoms with Gasteiger partial charge in [0.15, 0.2) is 0 Å². The number of aromatic amines is 1. The second-order valence-electron chi connectivity index (χ2n) is 5.60. The maximum Gasteiger partial charge on any atom is 0.106 e. The van der Waals surface area contributed by atoms with Crippen LogP contribution in [0.15, 0.2) is 41.6 Å². The maximum atomic E-state index is 4.55. The molecule has 0 unspecified atom stereocenters. The third-order valence-electron chi connectivity index (χ3n) is 3.94. The minimum Gasteiger partial charge on any atom is -0.341 e. The summed E-state index contributed by atoms with van der Waals surface area (Å²) < 4.78 is 0. The van der Waals surface area contributed by atoms with E-state index < -0.39 is 0 Å². The normalized spacial score (nSPS) is 16.5. The third-order valence-corrected chi connectivity index (χ3v) is 3.94.